The fourth-order valence-electron chi connectivity index (χ4n) is 1.63. The molecule has 0 unspecified atom stereocenters. The Balaban J connectivity index is 2.61. The number of rotatable bonds is 5. The Bertz CT molecular complexity index is 312. The van der Waals surface area contributed by atoms with Crippen molar-refractivity contribution < 1.29 is 5.11 Å². The van der Waals surface area contributed by atoms with Gasteiger partial charge < -0.3 is 16.6 Å². The first-order chi connectivity index (χ1) is 7.15. The molecule has 0 saturated carbocycles. The molecule has 0 aliphatic heterocycles. The van der Waals surface area contributed by atoms with Gasteiger partial charge in [0.25, 0.3) is 0 Å². The Labute approximate surface area is 91.1 Å². The minimum absolute atomic E-state index is 0.0860. The van der Waals surface area contributed by atoms with Crippen LogP contribution in [-0.2, 0) is 0 Å². The zero-order valence-electron chi connectivity index (χ0n) is 9.24. The molecular formula is C12H20N2O. The topological polar surface area (TPSA) is 72.3 Å². The van der Waals surface area contributed by atoms with Crippen molar-refractivity contribution in [2.75, 3.05) is 6.54 Å². The molecule has 1 aromatic carbocycles. The number of aromatic hydroxyl groups is 1. The lowest BCUT2D eigenvalue weighted by atomic mass is 10.00. The van der Waals surface area contributed by atoms with E-state index in [-0.39, 0.29) is 6.04 Å². The Kier molecular flexibility index (Phi) is 4.59. The van der Waals surface area contributed by atoms with Crippen LogP contribution in [0.25, 0.3) is 0 Å². The maximum atomic E-state index is 9.71. The van der Waals surface area contributed by atoms with E-state index in [9.17, 15) is 5.11 Å². The Morgan fingerprint density at radius 3 is 2.67 bits per heavy atom. The van der Waals surface area contributed by atoms with Crippen molar-refractivity contribution in [2.24, 2.45) is 11.5 Å². The molecule has 0 aliphatic rings. The molecular weight excluding hydrogens is 188 g/mol. The van der Waals surface area contributed by atoms with Gasteiger partial charge in [0, 0.05) is 11.6 Å². The van der Waals surface area contributed by atoms with Gasteiger partial charge in [0.1, 0.15) is 5.75 Å². The van der Waals surface area contributed by atoms with Crippen LogP contribution in [0, 0.1) is 6.92 Å². The molecule has 15 heavy (non-hydrogen) atoms. The van der Waals surface area contributed by atoms with E-state index in [0.717, 1.165) is 30.4 Å². The Morgan fingerprint density at radius 1 is 1.33 bits per heavy atom. The number of benzene rings is 1. The van der Waals surface area contributed by atoms with Gasteiger partial charge in [0.15, 0.2) is 0 Å². The van der Waals surface area contributed by atoms with Crippen molar-refractivity contribution in [1.29, 1.82) is 0 Å². The van der Waals surface area contributed by atoms with Gasteiger partial charge in [-0.25, -0.2) is 0 Å². The number of phenols is 1. The second-order valence-electron chi connectivity index (χ2n) is 3.95. The molecule has 84 valence electrons. The van der Waals surface area contributed by atoms with E-state index in [1.807, 2.05) is 19.1 Å². The molecule has 1 rings (SSSR count). The van der Waals surface area contributed by atoms with Crippen molar-refractivity contribution in [3.05, 3.63) is 29.3 Å². The SMILES string of the molecule is Cc1ccc([C@@H](N)CCCCN)c(O)c1. The smallest absolute Gasteiger partial charge is 0.120 e. The summed E-state index contributed by atoms with van der Waals surface area (Å²) in [5, 5.41) is 9.71. The quantitative estimate of drug-likeness (QED) is 0.646. The maximum Gasteiger partial charge on any atom is 0.120 e. The normalized spacial score (nSPS) is 12.7. The highest BCUT2D eigenvalue weighted by molar-refractivity contribution is 5.37. The van der Waals surface area contributed by atoms with Crippen molar-refractivity contribution >= 4 is 0 Å². The maximum absolute atomic E-state index is 9.71. The van der Waals surface area contributed by atoms with Crippen LogP contribution in [0.15, 0.2) is 18.2 Å². The molecule has 0 spiro atoms. The zero-order chi connectivity index (χ0) is 11.3. The van der Waals surface area contributed by atoms with E-state index in [0.29, 0.717) is 12.3 Å². The molecule has 1 atom stereocenters. The van der Waals surface area contributed by atoms with E-state index in [4.69, 9.17) is 11.5 Å². The second-order valence-corrected chi connectivity index (χ2v) is 3.95. The summed E-state index contributed by atoms with van der Waals surface area (Å²) >= 11 is 0. The monoisotopic (exact) mass is 208 g/mol. The van der Waals surface area contributed by atoms with Crippen LogP contribution in [0.4, 0.5) is 0 Å². The minimum atomic E-state index is -0.0860. The number of unbranched alkanes of at least 4 members (excludes halogenated alkanes) is 1. The van der Waals surface area contributed by atoms with Crippen LogP contribution in [0.2, 0.25) is 0 Å². The van der Waals surface area contributed by atoms with Crippen LogP contribution < -0.4 is 11.5 Å². The number of hydrogen-bond donors (Lipinski definition) is 3. The van der Waals surface area contributed by atoms with Gasteiger partial charge in [-0.2, -0.15) is 0 Å². The minimum Gasteiger partial charge on any atom is -0.508 e. The number of hydrogen-bond acceptors (Lipinski definition) is 3. The summed E-state index contributed by atoms with van der Waals surface area (Å²) < 4.78 is 0. The van der Waals surface area contributed by atoms with Crippen LogP contribution >= 0.6 is 0 Å². The molecule has 0 aromatic heterocycles. The number of aryl methyl sites for hydroxylation is 1. The summed E-state index contributed by atoms with van der Waals surface area (Å²) in [6.07, 6.45) is 2.86. The summed E-state index contributed by atoms with van der Waals surface area (Å²) in [5.41, 5.74) is 13.3. The van der Waals surface area contributed by atoms with E-state index in [1.165, 1.54) is 0 Å². The summed E-state index contributed by atoms with van der Waals surface area (Å²) in [4.78, 5) is 0. The first kappa shape index (κ1) is 12.0. The summed E-state index contributed by atoms with van der Waals surface area (Å²) in [7, 11) is 0. The predicted octanol–water partition coefficient (Wildman–Crippen LogP) is 1.83. The fraction of sp³-hybridized carbons (Fsp3) is 0.500. The summed E-state index contributed by atoms with van der Waals surface area (Å²) in [6, 6.07) is 5.53. The largest absolute Gasteiger partial charge is 0.508 e. The standard InChI is InChI=1S/C12H20N2O/c1-9-5-6-10(12(15)8-9)11(14)4-2-3-7-13/h5-6,8,11,15H,2-4,7,13-14H2,1H3/t11-/m0/s1. The number of nitrogens with two attached hydrogens (primary N) is 2. The molecule has 0 radical (unpaired) electrons. The Hall–Kier alpha value is -1.06. The van der Waals surface area contributed by atoms with Crippen molar-refractivity contribution in [3.63, 3.8) is 0 Å². The van der Waals surface area contributed by atoms with Gasteiger partial charge in [0.05, 0.1) is 0 Å². The highest BCUT2D eigenvalue weighted by atomic mass is 16.3. The summed E-state index contributed by atoms with van der Waals surface area (Å²) in [6.45, 7) is 2.65. The van der Waals surface area contributed by atoms with E-state index in [1.54, 1.807) is 6.07 Å². The van der Waals surface area contributed by atoms with Gasteiger partial charge in [0.2, 0.25) is 0 Å². The third-order valence-corrected chi connectivity index (χ3v) is 2.55. The van der Waals surface area contributed by atoms with E-state index >= 15 is 0 Å². The molecule has 5 N–H and O–H groups in total. The number of phenolic OH excluding ortho intramolecular Hbond substituents is 1. The van der Waals surface area contributed by atoms with Gasteiger partial charge in [-0.05, 0) is 37.9 Å². The fourth-order valence-corrected chi connectivity index (χ4v) is 1.63. The third kappa shape index (κ3) is 3.53. The molecule has 3 heteroatoms. The Morgan fingerprint density at radius 2 is 2.07 bits per heavy atom. The van der Waals surface area contributed by atoms with Gasteiger partial charge in [-0.3, -0.25) is 0 Å². The first-order valence-corrected chi connectivity index (χ1v) is 5.40. The molecule has 1 aromatic rings. The van der Waals surface area contributed by atoms with Crippen LogP contribution in [0.1, 0.15) is 36.4 Å². The van der Waals surface area contributed by atoms with Crippen LogP contribution in [0.3, 0.4) is 0 Å². The van der Waals surface area contributed by atoms with Crippen molar-refractivity contribution in [1.82, 2.24) is 0 Å². The van der Waals surface area contributed by atoms with E-state index < -0.39 is 0 Å². The van der Waals surface area contributed by atoms with Crippen LogP contribution in [0.5, 0.6) is 5.75 Å². The first-order valence-electron chi connectivity index (χ1n) is 5.40. The summed E-state index contributed by atoms with van der Waals surface area (Å²) in [5.74, 6) is 0.301. The molecule has 3 nitrogen and oxygen atoms in total. The average molecular weight is 208 g/mol. The lowest BCUT2D eigenvalue weighted by molar-refractivity contribution is 0.456. The second kappa shape index (κ2) is 5.73. The zero-order valence-corrected chi connectivity index (χ0v) is 9.24. The molecule has 0 bridgehead atoms. The molecule has 0 fully saturated rings. The lowest BCUT2D eigenvalue weighted by Gasteiger charge is -2.13. The highest BCUT2D eigenvalue weighted by Crippen LogP contribution is 2.26. The molecule has 0 aliphatic carbocycles. The highest BCUT2D eigenvalue weighted by Gasteiger charge is 2.10. The average Bonchev–Trinajstić information content (AvgIpc) is 2.17. The van der Waals surface area contributed by atoms with Gasteiger partial charge >= 0.3 is 0 Å². The van der Waals surface area contributed by atoms with Gasteiger partial charge in [-0.1, -0.05) is 18.6 Å². The van der Waals surface area contributed by atoms with E-state index in [2.05, 4.69) is 0 Å². The predicted molar refractivity (Wildman–Crippen MR) is 62.7 cm³/mol. The molecule has 0 saturated heterocycles. The third-order valence-electron chi connectivity index (χ3n) is 2.55. The van der Waals surface area contributed by atoms with Crippen molar-refractivity contribution in [3.8, 4) is 5.75 Å². The van der Waals surface area contributed by atoms with Crippen molar-refractivity contribution in [2.45, 2.75) is 32.2 Å². The lowest BCUT2D eigenvalue weighted by Crippen LogP contribution is -2.11. The van der Waals surface area contributed by atoms with Crippen LogP contribution in [-0.4, -0.2) is 11.7 Å². The molecule has 0 heterocycles. The molecule has 0 amide bonds. The van der Waals surface area contributed by atoms with Gasteiger partial charge in [-0.15, -0.1) is 0 Å².